The van der Waals surface area contributed by atoms with E-state index in [1.807, 2.05) is 6.07 Å². The molecule has 1 aliphatic rings. The molecule has 0 radical (unpaired) electrons. The van der Waals surface area contributed by atoms with Gasteiger partial charge in [0.15, 0.2) is 5.65 Å². The summed E-state index contributed by atoms with van der Waals surface area (Å²) in [6, 6.07) is 6.08. The van der Waals surface area contributed by atoms with Crippen LogP contribution in [0, 0.1) is 0 Å². The lowest BCUT2D eigenvalue weighted by molar-refractivity contribution is 0.454. The smallest absolute Gasteiger partial charge is 0.159 e. The second-order valence-corrected chi connectivity index (χ2v) is 4.90. The molecule has 6 heteroatoms. The first kappa shape index (κ1) is 16.4. The molecular formula is C13H16Cl3N3. The Labute approximate surface area is 130 Å². The summed E-state index contributed by atoms with van der Waals surface area (Å²) in [5.74, 6) is 0.568. The summed E-state index contributed by atoms with van der Waals surface area (Å²) in [6.45, 7) is 2.16. The van der Waals surface area contributed by atoms with Gasteiger partial charge in [0.25, 0.3) is 0 Å². The van der Waals surface area contributed by atoms with Crippen molar-refractivity contribution in [2.24, 2.45) is 0 Å². The summed E-state index contributed by atoms with van der Waals surface area (Å²) in [5.41, 5.74) is 1.96. The molecule has 0 saturated carbocycles. The monoisotopic (exact) mass is 319 g/mol. The average molecular weight is 321 g/mol. The number of halogens is 3. The zero-order chi connectivity index (χ0) is 11.7. The van der Waals surface area contributed by atoms with Gasteiger partial charge in [0.1, 0.15) is 0 Å². The van der Waals surface area contributed by atoms with Crippen molar-refractivity contribution in [3.05, 3.63) is 35.1 Å². The summed E-state index contributed by atoms with van der Waals surface area (Å²) >= 11 is 5.91. The van der Waals surface area contributed by atoms with E-state index in [-0.39, 0.29) is 24.8 Å². The van der Waals surface area contributed by atoms with Gasteiger partial charge in [-0.3, -0.25) is 0 Å². The Balaban J connectivity index is 0.000000902. The van der Waals surface area contributed by atoms with Gasteiger partial charge in [-0.15, -0.1) is 24.8 Å². The van der Waals surface area contributed by atoms with Gasteiger partial charge in [-0.25, -0.2) is 9.97 Å². The van der Waals surface area contributed by atoms with Crippen LogP contribution in [0.1, 0.15) is 24.5 Å². The summed E-state index contributed by atoms with van der Waals surface area (Å²) < 4.78 is 0. The molecule has 0 amide bonds. The van der Waals surface area contributed by atoms with Crippen LogP contribution >= 0.6 is 36.4 Å². The maximum atomic E-state index is 5.91. The fourth-order valence-electron chi connectivity index (χ4n) is 2.34. The van der Waals surface area contributed by atoms with E-state index in [0.29, 0.717) is 10.9 Å². The Morgan fingerprint density at radius 1 is 1.16 bits per heavy atom. The second kappa shape index (κ2) is 7.25. The number of nitrogens with zero attached hydrogens (tertiary/aromatic N) is 2. The first-order valence-corrected chi connectivity index (χ1v) is 6.33. The SMILES string of the molecule is Cl.Cl.Clc1cnc2nc(C3CCNCC3)ccc2c1. The quantitative estimate of drug-likeness (QED) is 0.872. The van der Waals surface area contributed by atoms with E-state index in [1.165, 1.54) is 0 Å². The Kier molecular flexibility index (Phi) is 6.27. The van der Waals surface area contributed by atoms with Gasteiger partial charge in [-0.2, -0.15) is 0 Å². The zero-order valence-electron chi connectivity index (χ0n) is 10.3. The highest BCUT2D eigenvalue weighted by Crippen LogP contribution is 2.25. The van der Waals surface area contributed by atoms with Crippen molar-refractivity contribution in [2.45, 2.75) is 18.8 Å². The van der Waals surface area contributed by atoms with Crippen molar-refractivity contribution in [2.75, 3.05) is 13.1 Å². The van der Waals surface area contributed by atoms with Crippen molar-refractivity contribution < 1.29 is 0 Å². The number of piperidine rings is 1. The summed E-state index contributed by atoms with van der Waals surface area (Å²) in [7, 11) is 0. The van der Waals surface area contributed by atoms with Gasteiger partial charge in [0.2, 0.25) is 0 Å². The van der Waals surface area contributed by atoms with Crippen LogP contribution in [0.3, 0.4) is 0 Å². The molecule has 0 bridgehead atoms. The highest BCUT2D eigenvalue weighted by atomic mass is 35.5. The molecule has 3 nitrogen and oxygen atoms in total. The maximum absolute atomic E-state index is 5.91. The lowest BCUT2D eigenvalue weighted by atomic mass is 9.94. The predicted molar refractivity (Wildman–Crippen MR) is 83.9 cm³/mol. The minimum Gasteiger partial charge on any atom is -0.317 e. The predicted octanol–water partition coefficient (Wildman–Crippen LogP) is 3.59. The Morgan fingerprint density at radius 2 is 1.89 bits per heavy atom. The van der Waals surface area contributed by atoms with Gasteiger partial charge in [0, 0.05) is 23.2 Å². The number of nitrogens with one attached hydrogen (secondary N) is 1. The number of hydrogen-bond acceptors (Lipinski definition) is 3. The fraction of sp³-hybridized carbons (Fsp3) is 0.385. The van der Waals surface area contributed by atoms with Gasteiger partial charge >= 0.3 is 0 Å². The average Bonchev–Trinajstić information content (AvgIpc) is 2.39. The molecule has 1 N–H and O–H groups in total. The lowest BCUT2D eigenvalue weighted by Crippen LogP contribution is -2.27. The molecule has 1 saturated heterocycles. The van der Waals surface area contributed by atoms with Gasteiger partial charge in [-0.05, 0) is 44.1 Å². The minimum atomic E-state index is 0. The third kappa shape index (κ3) is 3.69. The molecule has 1 fully saturated rings. The van der Waals surface area contributed by atoms with Crippen LogP contribution in [0.5, 0.6) is 0 Å². The first-order chi connectivity index (χ1) is 8.33. The molecule has 0 aromatic carbocycles. The van der Waals surface area contributed by atoms with E-state index in [2.05, 4.69) is 27.4 Å². The zero-order valence-corrected chi connectivity index (χ0v) is 12.7. The van der Waals surface area contributed by atoms with Crippen molar-refractivity contribution >= 4 is 47.4 Å². The van der Waals surface area contributed by atoms with E-state index in [0.717, 1.165) is 42.7 Å². The number of rotatable bonds is 1. The Bertz CT molecular complexity index is 542. The molecule has 104 valence electrons. The third-order valence-corrected chi connectivity index (χ3v) is 3.49. The maximum Gasteiger partial charge on any atom is 0.159 e. The van der Waals surface area contributed by atoms with Crippen molar-refractivity contribution in [3.8, 4) is 0 Å². The van der Waals surface area contributed by atoms with Crippen LogP contribution in [0.2, 0.25) is 5.02 Å². The second-order valence-electron chi connectivity index (χ2n) is 4.46. The molecule has 2 aromatic rings. The molecule has 19 heavy (non-hydrogen) atoms. The minimum absolute atomic E-state index is 0. The van der Waals surface area contributed by atoms with Crippen LogP contribution in [-0.2, 0) is 0 Å². The first-order valence-electron chi connectivity index (χ1n) is 5.96. The molecule has 0 aliphatic carbocycles. The molecule has 3 rings (SSSR count). The number of hydrogen-bond donors (Lipinski definition) is 1. The summed E-state index contributed by atoms with van der Waals surface area (Å²) in [6.07, 6.45) is 3.97. The normalized spacial score (nSPS) is 15.6. The van der Waals surface area contributed by atoms with E-state index in [9.17, 15) is 0 Å². The van der Waals surface area contributed by atoms with Gasteiger partial charge in [-0.1, -0.05) is 11.6 Å². The Hall–Kier alpha value is -0.610. The molecule has 0 unspecified atom stereocenters. The van der Waals surface area contributed by atoms with Crippen LogP contribution in [-0.4, -0.2) is 23.1 Å². The fourth-order valence-corrected chi connectivity index (χ4v) is 2.51. The van der Waals surface area contributed by atoms with E-state index in [4.69, 9.17) is 11.6 Å². The lowest BCUT2D eigenvalue weighted by Gasteiger charge is -2.22. The van der Waals surface area contributed by atoms with Crippen molar-refractivity contribution in [1.29, 1.82) is 0 Å². The van der Waals surface area contributed by atoms with Crippen LogP contribution in [0.15, 0.2) is 24.4 Å². The number of aromatic nitrogens is 2. The van der Waals surface area contributed by atoms with Crippen molar-refractivity contribution in [3.63, 3.8) is 0 Å². The summed E-state index contributed by atoms with van der Waals surface area (Å²) in [5, 5.41) is 5.04. The molecule has 0 spiro atoms. The summed E-state index contributed by atoms with van der Waals surface area (Å²) in [4.78, 5) is 8.92. The molecule has 2 aromatic heterocycles. The number of fused-ring (bicyclic) bond motifs is 1. The third-order valence-electron chi connectivity index (χ3n) is 3.29. The molecule has 1 aliphatic heterocycles. The van der Waals surface area contributed by atoms with E-state index >= 15 is 0 Å². The van der Waals surface area contributed by atoms with Crippen LogP contribution in [0.4, 0.5) is 0 Å². The topological polar surface area (TPSA) is 37.8 Å². The molecule has 3 heterocycles. The largest absolute Gasteiger partial charge is 0.317 e. The highest BCUT2D eigenvalue weighted by molar-refractivity contribution is 6.31. The van der Waals surface area contributed by atoms with Gasteiger partial charge in [0.05, 0.1) is 5.02 Å². The highest BCUT2D eigenvalue weighted by Gasteiger charge is 2.16. The Morgan fingerprint density at radius 3 is 2.63 bits per heavy atom. The standard InChI is InChI=1S/C13H14ClN3.2ClH/c14-11-7-10-1-2-12(17-13(10)16-8-11)9-3-5-15-6-4-9;;/h1-2,7-9,15H,3-6H2;2*1H. The van der Waals surface area contributed by atoms with Crippen LogP contribution in [0.25, 0.3) is 11.0 Å². The number of pyridine rings is 2. The van der Waals surface area contributed by atoms with Gasteiger partial charge < -0.3 is 5.32 Å². The molecule has 0 atom stereocenters. The molecular weight excluding hydrogens is 305 g/mol. The van der Waals surface area contributed by atoms with Crippen molar-refractivity contribution in [1.82, 2.24) is 15.3 Å². The van der Waals surface area contributed by atoms with E-state index < -0.39 is 0 Å². The van der Waals surface area contributed by atoms with Crippen LogP contribution < -0.4 is 5.32 Å². The van der Waals surface area contributed by atoms with E-state index in [1.54, 1.807) is 6.20 Å².